The molecule has 2 aromatic heterocycles. The summed E-state index contributed by atoms with van der Waals surface area (Å²) in [7, 11) is 0. The summed E-state index contributed by atoms with van der Waals surface area (Å²) in [4.78, 5) is 12.2. The molecular weight excluding hydrogens is 290 g/mol. The maximum absolute atomic E-state index is 12.2. The molecule has 0 fully saturated rings. The minimum absolute atomic E-state index is 0.121. The molecule has 23 heavy (non-hydrogen) atoms. The van der Waals surface area contributed by atoms with Crippen molar-refractivity contribution in [3.05, 3.63) is 78.0 Å². The maximum Gasteiger partial charge on any atom is 0.205 e. The standard InChI is InChI=1S/C18H17N3O2/c1-13(2)16-9-18(23-20-16)17(22)8-15-10-19-21(12-15)11-14-6-4-3-5-7-14/h3-7,9-10,12H,1,8,11H2,2H3. The van der Waals surface area contributed by atoms with Crippen LogP contribution in [0, 0.1) is 0 Å². The minimum atomic E-state index is -0.121. The lowest BCUT2D eigenvalue weighted by Crippen LogP contribution is -2.02. The summed E-state index contributed by atoms with van der Waals surface area (Å²) < 4.78 is 6.89. The molecule has 0 spiro atoms. The van der Waals surface area contributed by atoms with E-state index in [4.69, 9.17) is 4.52 Å². The summed E-state index contributed by atoms with van der Waals surface area (Å²) in [5, 5.41) is 8.12. The van der Waals surface area contributed by atoms with E-state index >= 15 is 0 Å². The molecule has 3 aromatic rings. The Morgan fingerprint density at radius 2 is 2.04 bits per heavy atom. The van der Waals surface area contributed by atoms with Crippen LogP contribution in [0.2, 0.25) is 0 Å². The first-order valence-electron chi connectivity index (χ1n) is 7.33. The lowest BCUT2D eigenvalue weighted by molar-refractivity contribution is 0.0957. The summed E-state index contributed by atoms with van der Waals surface area (Å²) in [5.74, 6) is 0.128. The number of carbonyl (C=O) groups is 1. The van der Waals surface area contributed by atoms with Gasteiger partial charge in [-0.05, 0) is 23.6 Å². The van der Waals surface area contributed by atoms with E-state index in [1.54, 1.807) is 12.3 Å². The van der Waals surface area contributed by atoms with E-state index in [2.05, 4.69) is 16.8 Å². The predicted molar refractivity (Wildman–Crippen MR) is 87.0 cm³/mol. The van der Waals surface area contributed by atoms with E-state index < -0.39 is 0 Å². The van der Waals surface area contributed by atoms with Crippen LogP contribution in [0.25, 0.3) is 5.57 Å². The first kappa shape index (κ1) is 15.0. The van der Waals surface area contributed by atoms with E-state index in [1.165, 1.54) is 0 Å². The Kier molecular flexibility index (Phi) is 4.19. The van der Waals surface area contributed by atoms with Gasteiger partial charge in [0.05, 0.1) is 12.7 Å². The molecule has 0 amide bonds. The minimum Gasteiger partial charge on any atom is -0.352 e. The number of rotatable bonds is 6. The van der Waals surface area contributed by atoms with Gasteiger partial charge in [0, 0.05) is 18.7 Å². The van der Waals surface area contributed by atoms with E-state index in [9.17, 15) is 4.79 Å². The van der Waals surface area contributed by atoms with Crippen molar-refractivity contribution < 1.29 is 9.32 Å². The number of hydrogen-bond donors (Lipinski definition) is 0. The highest BCUT2D eigenvalue weighted by Crippen LogP contribution is 2.14. The molecule has 2 heterocycles. The monoisotopic (exact) mass is 307 g/mol. The van der Waals surface area contributed by atoms with Crippen molar-refractivity contribution >= 4 is 11.4 Å². The molecule has 0 bridgehead atoms. The first-order chi connectivity index (χ1) is 11.1. The molecule has 3 rings (SSSR count). The van der Waals surface area contributed by atoms with E-state index in [1.807, 2.05) is 48.1 Å². The van der Waals surface area contributed by atoms with Crippen molar-refractivity contribution in [2.24, 2.45) is 0 Å². The van der Waals surface area contributed by atoms with Crippen molar-refractivity contribution in [3.8, 4) is 0 Å². The fraction of sp³-hybridized carbons (Fsp3) is 0.167. The molecule has 0 aliphatic rings. The Labute approximate surface area is 134 Å². The Bertz CT molecular complexity index is 831. The number of Topliss-reactive ketones (excluding diaryl/α,β-unsaturated/α-hetero) is 1. The van der Waals surface area contributed by atoms with Gasteiger partial charge in [0.15, 0.2) is 0 Å². The smallest absolute Gasteiger partial charge is 0.205 e. The van der Waals surface area contributed by atoms with Crippen LogP contribution in [0.3, 0.4) is 0 Å². The summed E-state index contributed by atoms with van der Waals surface area (Å²) in [5.41, 5.74) is 3.38. The number of aromatic nitrogens is 3. The molecule has 5 heteroatoms. The zero-order chi connectivity index (χ0) is 16.2. The van der Waals surface area contributed by atoms with Crippen LogP contribution in [0.15, 0.2) is 59.9 Å². The van der Waals surface area contributed by atoms with Gasteiger partial charge in [-0.3, -0.25) is 9.48 Å². The second kappa shape index (κ2) is 6.44. The SMILES string of the molecule is C=C(C)c1cc(C(=O)Cc2cnn(Cc3ccccc3)c2)on1. The van der Waals surface area contributed by atoms with Gasteiger partial charge in [0.25, 0.3) is 0 Å². The second-order valence-corrected chi connectivity index (χ2v) is 5.49. The average Bonchev–Trinajstić information content (AvgIpc) is 3.18. The largest absolute Gasteiger partial charge is 0.352 e. The molecule has 0 unspecified atom stereocenters. The van der Waals surface area contributed by atoms with Crippen molar-refractivity contribution in [2.45, 2.75) is 19.9 Å². The highest BCUT2D eigenvalue weighted by Gasteiger charge is 2.15. The first-order valence-corrected chi connectivity index (χ1v) is 7.33. The lowest BCUT2D eigenvalue weighted by Gasteiger charge is -2.00. The topological polar surface area (TPSA) is 60.9 Å². The van der Waals surface area contributed by atoms with Crippen LogP contribution >= 0.6 is 0 Å². The Balaban J connectivity index is 1.66. The summed E-state index contributed by atoms with van der Waals surface area (Å²) in [6.07, 6.45) is 3.82. The van der Waals surface area contributed by atoms with Gasteiger partial charge in [0.1, 0.15) is 5.69 Å². The molecule has 0 aliphatic heterocycles. The maximum atomic E-state index is 12.2. The van der Waals surface area contributed by atoms with Gasteiger partial charge < -0.3 is 4.52 Å². The summed E-state index contributed by atoms with van der Waals surface area (Å²) in [6.45, 7) is 6.27. The summed E-state index contributed by atoms with van der Waals surface area (Å²) in [6, 6.07) is 11.7. The highest BCUT2D eigenvalue weighted by molar-refractivity contribution is 5.95. The predicted octanol–water partition coefficient (Wildman–Crippen LogP) is 3.38. The quantitative estimate of drug-likeness (QED) is 0.655. The van der Waals surface area contributed by atoms with Gasteiger partial charge in [-0.2, -0.15) is 5.10 Å². The summed E-state index contributed by atoms with van der Waals surface area (Å²) >= 11 is 0. The van der Waals surface area contributed by atoms with Gasteiger partial charge in [-0.25, -0.2) is 0 Å². The third kappa shape index (κ3) is 3.63. The van der Waals surface area contributed by atoms with Crippen molar-refractivity contribution in [2.75, 3.05) is 0 Å². The van der Waals surface area contributed by atoms with Crippen LogP contribution in [-0.4, -0.2) is 20.7 Å². The van der Waals surface area contributed by atoms with Gasteiger partial charge in [-0.1, -0.05) is 42.1 Å². The van der Waals surface area contributed by atoms with Crippen molar-refractivity contribution in [1.82, 2.24) is 14.9 Å². The number of benzene rings is 1. The van der Waals surface area contributed by atoms with E-state index in [0.717, 1.165) is 16.7 Å². The zero-order valence-corrected chi connectivity index (χ0v) is 12.9. The fourth-order valence-electron chi connectivity index (χ4n) is 2.23. The number of carbonyl (C=O) groups excluding carboxylic acids is 1. The molecule has 0 saturated carbocycles. The Morgan fingerprint density at radius 1 is 1.26 bits per heavy atom. The normalized spacial score (nSPS) is 10.7. The number of nitrogens with zero attached hydrogens (tertiary/aromatic N) is 3. The molecular formula is C18H17N3O2. The lowest BCUT2D eigenvalue weighted by atomic mass is 10.1. The van der Waals surface area contributed by atoms with Gasteiger partial charge in [0.2, 0.25) is 11.5 Å². The molecule has 0 N–H and O–H groups in total. The zero-order valence-electron chi connectivity index (χ0n) is 12.9. The fourth-order valence-corrected chi connectivity index (χ4v) is 2.23. The van der Waals surface area contributed by atoms with E-state index in [-0.39, 0.29) is 18.0 Å². The molecule has 116 valence electrons. The van der Waals surface area contributed by atoms with Crippen LogP contribution in [-0.2, 0) is 13.0 Å². The molecule has 0 saturated heterocycles. The Morgan fingerprint density at radius 3 is 2.74 bits per heavy atom. The van der Waals surface area contributed by atoms with Crippen molar-refractivity contribution in [3.63, 3.8) is 0 Å². The average molecular weight is 307 g/mol. The molecule has 5 nitrogen and oxygen atoms in total. The van der Waals surface area contributed by atoms with Crippen LogP contribution in [0.4, 0.5) is 0 Å². The molecule has 1 aromatic carbocycles. The number of allylic oxidation sites excluding steroid dienone is 1. The Hall–Kier alpha value is -2.95. The van der Waals surface area contributed by atoms with Gasteiger partial charge >= 0.3 is 0 Å². The van der Waals surface area contributed by atoms with E-state index in [0.29, 0.717) is 12.2 Å². The molecule has 0 atom stereocenters. The van der Waals surface area contributed by atoms with Crippen molar-refractivity contribution in [1.29, 1.82) is 0 Å². The highest BCUT2D eigenvalue weighted by atomic mass is 16.5. The van der Waals surface area contributed by atoms with Gasteiger partial charge in [-0.15, -0.1) is 0 Å². The van der Waals surface area contributed by atoms with Crippen LogP contribution < -0.4 is 0 Å². The molecule has 0 radical (unpaired) electrons. The second-order valence-electron chi connectivity index (χ2n) is 5.49. The number of hydrogen-bond acceptors (Lipinski definition) is 4. The third-order valence-electron chi connectivity index (χ3n) is 3.46. The molecule has 0 aliphatic carbocycles. The third-order valence-corrected chi connectivity index (χ3v) is 3.46. The van der Waals surface area contributed by atoms with Crippen LogP contribution in [0.5, 0.6) is 0 Å². The number of ketones is 1. The van der Waals surface area contributed by atoms with Crippen LogP contribution in [0.1, 0.15) is 34.3 Å².